The summed E-state index contributed by atoms with van der Waals surface area (Å²) in [7, 11) is 0. The van der Waals surface area contributed by atoms with E-state index >= 15 is 0 Å². The highest BCUT2D eigenvalue weighted by molar-refractivity contribution is 7.25. The molecule has 9 aromatic rings. The molecule has 1 heterocycles. The third-order valence-corrected chi connectivity index (χ3v) is 9.68. The van der Waals surface area contributed by atoms with Crippen LogP contribution in [0.15, 0.2) is 152 Å². The molecule has 0 aliphatic carbocycles. The Bertz CT molecular complexity index is 2470. The first-order valence-corrected chi connectivity index (χ1v) is 15.2. The van der Waals surface area contributed by atoms with Crippen molar-refractivity contribution in [2.24, 2.45) is 0 Å². The molecule has 196 valence electrons. The normalized spacial score (nSPS) is 11.8. The predicted octanol–water partition coefficient (Wildman–Crippen LogP) is 12.1. The van der Waals surface area contributed by atoms with E-state index in [-0.39, 0.29) is 0 Å². The van der Waals surface area contributed by atoms with Crippen molar-refractivity contribution in [2.45, 2.75) is 0 Å². The number of thiophene rings is 1. The van der Waals surface area contributed by atoms with Crippen LogP contribution >= 0.6 is 11.3 Å². The fourth-order valence-corrected chi connectivity index (χ4v) is 7.75. The van der Waals surface area contributed by atoms with Crippen LogP contribution in [-0.4, -0.2) is 0 Å². The molecule has 1 aromatic heterocycles. The van der Waals surface area contributed by atoms with Crippen LogP contribution in [0.4, 0.5) is 17.1 Å². The molecular weight excluding hydrogens is 527 g/mol. The molecule has 0 aliphatic rings. The Hall–Kier alpha value is -5.18. The van der Waals surface area contributed by atoms with Crippen molar-refractivity contribution in [3.63, 3.8) is 0 Å². The minimum Gasteiger partial charge on any atom is -0.310 e. The number of nitrogens with zero attached hydrogens (tertiary/aromatic N) is 1. The molecule has 0 unspecified atom stereocenters. The lowest BCUT2D eigenvalue weighted by molar-refractivity contribution is 1.30. The molecule has 1 nitrogen and oxygen atoms in total. The van der Waals surface area contributed by atoms with E-state index in [9.17, 15) is 0 Å². The van der Waals surface area contributed by atoms with Crippen molar-refractivity contribution in [3.05, 3.63) is 152 Å². The summed E-state index contributed by atoms with van der Waals surface area (Å²) in [5.41, 5.74) is 3.46. The second-order valence-electron chi connectivity index (χ2n) is 11.0. The van der Waals surface area contributed by atoms with Gasteiger partial charge in [0.05, 0.1) is 0 Å². The van der Waals surface area contributed by atoms with Gasteiger partial charge in [0.15, 0.2) is 0 Å². The second-order valence-corrected chi connectivity index (χ2v) is 12.1. The lowest BCUT2D eigenvalue weighted by atomic mass is 9.96. The van der Waals surface area contributed by atoms with Crippen LogP contribution in [0.3, 0.4) is 0 Å². The number of para-hydroxylation sites is 1. The van der Waals surface area contributed by atoms with E-state index in [1.165, 1.54) is 63.3 Å². The van der Waals surface area contributed by atoms with Crippen molar-refractivity contribution < 1.29 is 0 Å². The highest BCUT2D eigenvalue weighted by atomic mass is 32.1. The van der Waals surface area contributed by atoms with Gasteiger partial charge in [0.2, 0.25) is 0 Å². The molecule has 42 heavy (non-hydrogen) atoms. The van der Waals surface area contributed by atoms with Crippen LogP contribution < -0.4 is 4.90 Å². The zero-order valence-electron chi connectivity index (χ0n) is 22.8. The molecule has 8 aromatic carbocycles. The molecule has 0 atom stereocenters. The monoisotopic (exact) mass is 551 g/mol. The average molecular weight is 552 g/mol. The van der Waals surface area contributed by atoms with Gasteiger partial charge >= 0.3 is 0 Å². The van der Waals surface area contributed by atoms with E-state index < -0.39 is 0 Å². The highest BCUT2D eigenvalue weighted by Gasteiger charge is 2.16. The van der Waals surface area contributed by atoms with Crippen LogP contribution in [0.5, 0.6) is 0 Å². The van der Waals surface area contributed by atoms with Gasteiger partial charge < -0.3 is 4.90 Å². The zero-order valence-corrected chi connectivity index (χ0v) is 23.6. The zero-order chi connectivity index (χ0) is 27.6. The molecule has 0 fully saturated rings. The summed E-state index contributed by atoms with van der Waals surface area (Å²) in [6, 6.07) is 55.6. The number of hydrogen-bond acceptors (Lipinski definition) is 2. The number of benzene rings is 8. The molecule has 0 aliphatic heterocycles. The second kappa shape index (κ2) is 9.17. The first-order valence-electron chi connectivity index (χ1n) is 14.3. The van der Waals surface area contributed by atoms with Crippen molar-refractivity contribution in [3.8, 4) is 0 Å². The summed E-state index contributed by atoms with van der Waals surface area (Å²) >= 11 is 1.88. The van der Waals surface area contributed by atoms with Gasteiger partial charge in [-0.15, -0.1) is 11.3 Å². The van der Waals surface area contributed by atoms with Crippen LogP contribution in [0, 0.1) is 0 Å². The van der Waals surface area contributed by atoms with Gasteiger partial charge in [-0.2, -0.15) is 0 Å². The first-order chi connectivity index (χ1) is 20.8. The van der Waals surface area contributed by atoms with Gasteiger partial charge in [-0.1, -0.05) is 103 Å². The summed E-state index contributed by atoms with van der Waals surface area (Å²) in [6.07, 6.45) is 0. The SMILES string of the molecule is c1ccc(N(c2ccc3c(ccc4ccc5ccccc5c43)c2)c2ccc3c(c2)sc2cc4ccccc4cc23)cc1. The Morgan fingerprint density at radius 1 is 0.333 bits per heavy atom. The number of fused-ring (bicyclic) bond motifs is 9. The van der Waals surface area contributed by atoms with Crippen LogP contribution in [0.25, 0.3) is 63.3 Å². The fourth-order valence-electron chi connectivity index (χ4n) is 6.58. The first kappa shape index (κ1) is 23.5. The Morgan fingerprint density at radius 2 is 0.929 bits per heavy atom. The minimum absolute atomic E-state index is 1.15. The third kappa shape index (κ3) is 3.62. The van der Waals surface area contributed by atoms with Crippen LogP contribution in [-0.2, 0) is 0 Å². The summed E-state index contributed by atoms with van der Waals surface area (Å²) in [5, 5.41) is 12.9. The van der Waals surface area contributed by atoms with E-state index in [2.05, 4.69) is 157 Å². The maximum Gasteiger partial charge on any atom is 0.0476 e. The molecule has 0 N–H and O–H groups in total. The van der Waals surface area contributed by atoms with Gasteiger partial charge in [0, 0.05) is 37.2 Å². The summed E-state index contributed by atoms with van der Waals surface area (Å²) in [5.74, 6) is 0. The van der Waals surface area contributed by atoms with E-state index in [0.717, 1.165) is 17.1 Å². The lowest BCUT2D eigenvalue weighted by Crippen LogP contribution is -2.09. The Labute approximate surface area is 247 Å². The quantitative estimate of drug-likeness (QED) is 0.197. The summed E-state index contributed by atoms with van der Waals surface area (Å²) in [6.45, 7) is 0. The maximum absolute atomic E-state index is 2.38. The molecule has 0 saturated carbocycles. The average Bonchev–Trinajstić information content (AvgIpc) is 3.40. The van der Waals surface area contributed by atoms with E-state index in [4.69, 9.17) is 0 Å². The molecule has 0 bridgehead atoms. The number of anilines is 3. The Balaban J connectivity index is 1.25. The molecule has 0 spiro atoms. The van der Waals surface area contributed by atoms with Gasteiger partial charge in [-0.25, -0.2) is 0 Å². The summed E-state index contributed by atoms with van der Waals surface area (Å²) < 4.78 is 2.63. The van der Waals surface area contributed by atoms with Gasteiger partial charge in [0.1, 0.15) is 0 Å². The standard InChI is InChI=1S/C40H25NS/c1-2-11-31(12-3-1)41(33-19-21-36-37-23-28-9-4-5-10-29(28)24-38(37)42-39(36)25-33)32-18-20-35-30(22-32)17-16-27-15-14-26-8-6-7-13-34(26)40(27)35/h1-25H. The van der Waals surface area contributed by atoms with Crippen molar-refractivity contribution in [2.75, 3.05) is 4.90 Å². The molecule has 0 radical (unpaired) electrons. The molecular formula is C40H25NS. The van der Waals surface area contributed by atoms with Gasteiger partial charge in [-0.3, -0.25) is 0 Å². The van der Waals surface area contributed by atoms with E-state index in [1.807, 2.05) is 11.3 Å². The van der Waals surface area contributed by atoms with Crippen LogP contribution in [0.1, 0.15) is 0 Å². The maximum atomic E-state index is 2.38. The smallest absolute Gasteiger partial charge is 0.0476 e. The third-order valence-electron chi connectivity index (χ3n) is 8.56. The fraction of sp³-hybridized carbons (Fsp3) is 0. The Morgan fingerprint density at radius 3 is 1.76 bits per heavy atom. The molecule has 2 heteroatoms. The largest absolute Gasteiger partial charge is 0.310 e. The predicted molar refractivity (Wildman–Crippen MR) is 184 cm³/mol. The van der Waals surface area contributed by atoms with Crippen molar-refractivity contribution in [1.29, 1.82) is 0 Å². The van der Waals surface area contributed by atoms with Gasteiger partial charge in [-0.05, 0) is 91.6 Å². The highest BCUT2D eigenvalue weighted by Crippen LogP contribution is 2.43. The van der Waals surface area contributed by atoms with Crippen molar-refractivity contribution in [1.82, 2.24) is 0 Å². The Kier molecular flexibility index (Phi) is 5.13. The number of rotatable bonds is 3. The molecule has 9 rings (SSSR count). The van der Waals surface area contributed by atoms with Gasteiger partial charge in [0.25, 0.3) is 0 Å². The molecule has 0 saturated heterocycles. The minimum atomic E-state index is 1.15. The topological polar surface area (TPSA) is 3.24 Å². The molecule has 0 amide bonds. The van der Waals surface area contributed by atoms with E-state index in [0.29, 0.717) is 0 Å². The lowest BCUT2D eigenvalue weighted by Gasteiger charge is -2.26. The van der Waals surface area contributed by atoms with Crippen LogP contribution in [0.2, 0.25) is 0 Å². The number of hydrogen-bond donors (Lipinski definition) is 0. The van der Waals surface area contributed by atoms with E-state index in [1.54, 1.807) is 0 Å². The van der Waals surface area contributed by atoms with Crippen molar-refractivity contribution >= 4 is 91.7 Å². The summed E-state index contributed by atoms with van der Waals surface area (Å²) in [4.78, 5) is 2.38.